The molecule has 1 aliphatic rings. The highest BCUT2D eigenvalue weighted by Crippen LogP contribution is 2.27. The molecule has 1 fully saturated rings. The van der Waals surface area contributed by atoms with Gasteiger partial charge in [0.1, 0.15) is 0 Å². The second kappa shape index (κ2) is 7.52. The van der Waals surface area contributed by atoms with Crippen LogP contribution in [0.2, 0.25) is 0 Å². The van der Waals surface area contributed by atoms with E-state index in [1.165, 1.54) is 0 Å². The molecule has 0 saturated carbocycles. The lowest BCUT2D eigenvalue weighted by Gasteiger charge is -2.12. The van der Waals surface area contributed by atoms with E-state index in [1.54, 1.807) is 0 Å². The summed E-state index contributed by atoms with van der Waals surface area (Å²) in [6, 6.07) is 24.7. The van der Waals surface area contributed by atoms with Gasteiger partial charge in [-0.25, -0.2) is 0 Å². The molecule has 4 heteroatoms. The molecule has 4 rings (SSSR count). The van der Waals surface area contributed by atoms with E-state index in [4.69, 9.17) is 9.47 Å². The number of carbonyl (C=O) groups is 1. The number of hydrogen-bond donors (Lipinski definition) is 1. The number of benzene rings is 3. The Labute approximate surface area is 152 Å². The van der Waals surface area contributed by atoms with E-state index in [2.05, 4.69) is 5.32 Å². The Balaban J connectivity index is 1.48. The third-order valence-corrected chi connectivity index (χ3v) is 4.25. The Hall–Kier alpha value is -2.95. The van der Waals surface area contributed by atoms with Crippen molar-refractivity contribution in [1.29, 1.82) is 0 Å². The number of ketones is 1. The normalized spacial score (nSPS) is 14.3. The molecule has 26 heavy (non-hydrogen) atoms. The molecule has 0 bridgehead atoms. The molecule has 0 aromatic heterocycles. The summed E-state index contributed by atoms with van der Waals surface area (Å²) in [5.74, 6) is 0.0229. The van der Waals surface area contributed by atoms with Gasteiger partial charge in [0.25, 0.3) is 0 Å². The fourth-order valence-corrected chi connectivity index (χ4v) is 2.94. The molecular weight excluding hydrogens is 326 g/mol. The van der Waals surface area contributed by atoms with Crippen molar-refractivity contribution in [2.45, 2.75) is 6.29 Å². The van der Waals surface area contributed by atoms with Crippen LogP contribution in [-0.4, -0.2) is 19.0 Å². The lowest BCUT2D eigenvalue weighted by atomic mass is 10.0. The monoisotopic (exact) mass is 345 g/mol. The number of nitrogens with one attached hydrogen (secondary N) is 1. The first-order valence-electron chi connectivity index (χ1n) is 8.59. The third kappa shape index (κ3) is 3.67. The van der Waals surface area contributed by atoms with E-state index in [-0.39, 0.29) is 12.1 Å². The molecule has 1 aliphatic heterocycles. The SMILES string of the molecule is O=C(c1ccccc1)c1ccc(Nc2cccc(C3OCCO3)c2)cc1. The highest BCUT2D eigenvalue weighted by atomic mass is 16.7. The highest BCUT2D eigenvalue weighted by molar-refractivity contribution is 6.09. The first-order valence-corrected chi connectivity index (χ1v) is 8.59. The van der Waals surface area contributed by atoms with Gasteiger partial charge in [-0.2, -0.15) is 0 Å². The quantitative estimate of drug-likeness (QED) is 0.681. The topological polar surface area (TPSA) is 47.6 Å². The van der Waals surface area contributed by atoms with Gasteiger partial charge in [0.2, 0.25) is 0 Å². The molecule has 3 aromatic rings. The summed E-state index contributed by atoms with van der Waals surface area (Å²) in [5, 5.41) is 3.35. The average molecular weight is 345 g/mol. The first kappa shape index (κ1) is 16.5. The average Bonchev–Trinajstić information content (AvgIpc) is 3.24. The van der Waals surface area contributed by atoms with Crippen molar-refractivity contribution in [3.8, 4) is 0 Å². The second-order valence-corrected chi connectivity index (χ2v) is 6.10. The Bertz CT molecular complexity index is 885. The van der Waals surface area contributed by atoms with Gasteiger partial charge >= 0.3 is 0 Å². The van der Waals surface area contributed by atoms with Gasteiger partial charge in [-0.1, -0.05) is 42.5 Å². The van der Waals surface area contributed by atoms with Crippen LogP contribution < -0.4 is 5.32 Å². The highest BCUT2D eigenvalue weighted by Gasteiger charge is 2.18. The minimum absolute atomic E-state index is 0.0229. The summed E-state index contributed by atoms with van der Waals surface area (Å²) in [4.78, 5) is 12.5. The van der Waals surface area contributed by atoms with Gasteiger partial charge in [-0.15, -0.1) is 0 Å². The van der Waals surface area contributed by atoms with Gasteiger partial charge in [-0.3, -0.25) is 4.79 Å². The van der Waals surface area contributed by atoms with Gasteiger partial charge in [0.15, 0.2) is 12.1 Å². The summed E-state index contributed by atoms with van der Waals surface area (Å²) in [5.41, 5.74) is 4.22. The Kier molecular flexibility index (Phi) is 4.78. The fourth-order valence-electron chi connectivity index (χ4n) is 2.94. The van der Waals surface area contributed by atoms with E-state index in [1.807, 2.05) is 78.9 Å². The van der Waals surface area contributed by atoms with Crippen molar-refractivity contribution in [3.05, 3.63) is 95.6 Å². The minimum atomic E-state index is -0.289. The van der Waals surface area contributed by atoms with Gasteiger partial charge in [0, 0.05) is 28.1 Å². The van der Waals surface area contributed by atoms with Gasteiger partial charge in [0.05, 0.1) is 13.2 Å². The van der Waals surface area contributed by atoms with Crippen LogP contribution in [0.25, 0.3) is 0 Å². The van der Waals surface area contributed by atoms with Crippen LogP contribution in [0.3, 0.4) is 0 Å². The minimum Gasteiger partial charge on any atom is -0.356 e. The lowest BCUT2D eigenvalue weighted by Crippen LogP contribution is -2.01. The van der Waals surface area contributed by atoms with Crippen LogP contribution >= 0.6 is 0 Å². The maximum absolute atomic E-state index is 12.5. The molecule has 3 aromatic carbocycles. The maximum Gasteiger partial charge on any atom is 0.193 e. The summed E-state index contributed by atoms with van der Waals surface area (Å²) in [6.45, 7) is 1.25. The zero-order valence-corrected chi connectivity index (χ0v) is 14.2. The molecule has 1 N–H and O–H groups in total. The first-order chi connectivity index (χ1) is 12.8. The molecule has 0 atom stereocenters. The maximum atomic E-state index is 12.5. The molecule has 0 radical (unpaired) electrons. The summed E-state index contributed by atoms with van der Waals surface area (Å²) in [7, 11) is 0. The van der Waals surface area contributed by atoms with Crippen molar-refractivity contribution in [3.63, 3.8) is 0 Å². The van der Waals surface area contributed by atoms with Crippen molar-refractivity contribution in [1.82, 2.24) is 0 Å². The van der Waals surface area contributed by atoms with E-state index in [0.717, 1.165) is 16.9 Å². The molecule has 0 amide bonds. The molecule has 0 spiro atoms. The van der Waals surface area contributed by atoms with Crippen LogP contribution in [0, 0.1) is 0 Å². The number of hydrogen-bond acceptors (Lipinski definition) is 4. The Morgan fingerprint density at radius 2 is 1.46 bits per heavy atom. The zero-order chi connectivity index (χ0) is 17.8. The molecule has 1 saturated heterocycles. The van der Waals surface area contributed by atoms with Crippen molar-refractivity contribution >= 4 is 17.2 Å². The number of anilines is 2. The summed E-state index contributed by atoms with van der Waals surface area (Å²) in [6.07, 6.45) is -0.289. The van der Waals surface area contributed by atoms with Crippen molar-refractivity contribution in [2.75, 3.05) is 18.5 Å². The van der Waals surface area contributed by atoms with E-state index in [9.17, 15) is 4.79 Å². The van der Waals surface area contributed by atoms with Crippen LogP contribution in [0.5, 0.6) is 0 Å². The summed E-state index contributed by atoms with van der Waals surface area (Å²) >= 11 is 0. The van der Waals surface area contributed by atoms with Crippen LogP contribution in [0.15, 0.2) is 78.9 Å². The summed E-state index contributed by atoms with van der Waals surface area (Å²) < 4.78 is 11.1. The standard InChI is InChI=1S/C22H19NO3/c24-21(16-5-2-1-3-6-16)17-9-11-19(12-10-17)23-20-8-4-7-18(15-20)22-25-13-14-26-22/h1-12,15,22-23H,13-14H2. The number of rotatable bonds is 5. The largest absolute Gasteiger partial charge is 0.356 e. The van der Waals surface area contributed by atoms with Crippen molar-refractivity contribution in [2.24, 2.45) is 0 Å². The second-order valence-electron chi connectivity index (χ2n) is 6.10. The van der Waals surface area contributed by atoms with E-state index < -0.39 is 0 Å². The van der Waals surface area contributed by atoms with Gasteiger partial charge in [-0.05, 0) is 36.4 Å². The van der Waals surface area contributed by atoms with Crippen LogP contribution in [-0.2, 0) is 9.47 Å². The molecule has 0 aliphatic carbocycles. The molecule has 130 valence electrons. The predicted molar refractivity (Wildman–Crippen MR) is 101 cm³/mol. The van der Waals surface area contributed by atoms with E-state index in [0.29, 0.717) is 24.3 Å². The van der Waals surface area contributed by atoms with Gasteiger partial charge < -0.3 is 14.8 Å². The smallest absolute Gasteiger partial charge is 0.193 e. The predicted octanol–water partition coefficient (Wildman–Crippen LogP) is 4.71. The van der Waals surface area contributed by atoms with E-state index >= 15 is 0 Å². The number of carbonyl (C=O) groups excluding carboxylic acids is 1. The zero-order valence-electron chi connectivity index (χ0n) is 14.2. The third-order valence-electron chi connectivity index (χ3n) is 4.25. The lowest BCUT2D eigenvalue weighted by molar-refractivity contribution is -0.0440. The fraction of sp³-hybridized carbons (Fsp3) is 0.136. The molecular formula is C22H19NO3. The Morgan fingerprint density at radius 1 is 0.769 bits per heavy atom. The molecule has 1 heterocycles. The molecule has 4 nitrogen and oxygen atoms in total. The van der Waals surface area contributed by atoms with Crippen LogP contribution in [0.4, 0.5) is 11.4 Å². The molecule has 0 unspecified atom stereocenters. The van der Waals surface area contributed by atoms with Crippen LogP contribution in [0.1, 0.15) is 27.8 Å². The Morgan fingerprint density at radius 3 is 2.19 bits per heavy atom. The number of ether oxygens (including phenoxy) is 2. The van der Waals surface area contributed by atoms with Crippen molar-refractivity contribution < 1.29 is 14.3 Å².